The van der Waals surface area contributed by atoms with Gasteiger partial charge in [0.1, 0.15) is 0 Å². The lowest BCUT2D eigenvalue weighted by atomic mass is 10.0. The number of hydrogen-bond acceptors (Lipinski definition) is 4. The molecule has 0 aromatic rings. The monoisotopic (exact) mass is 324 g/mol. The SMILES string of the molecule is CCNC1CCCC1CNCCCNC[C@@H]1CCCC1NCC. The molecule has 0 spiro atoms. The van der Waals surface area contributed by atoms with Gasteiger partial charge >= 0.3 is 0 Å². The van der Waals surface area contributed by atoms with Gasteiger partial charge in [-0.3, -0.25) is 0 Å². The van der Waals surface area contributed by atoms with Gasteiger partial charge < -0.3 is 21.3 Å². The van der Waals surface area contributed by atoms with Crippen molar-refractivity contribution in [2.75, 3.05) is 39.3 Å². The van der Waals surface area contributed by atoms with E-state index < -0.39 is 0 Å². The Morgan fingerprint density at radius 1 is 0.696 bits per heavy atom. The second-order valence-corrected chi connectivity index (χ2v) is 7.47. The maximum Gasteiger partial charge on any atom is 0.0107 e. The molecular weight excluding hydrogens is 284 g/mol. The zero-order valence-electron chi connectivity index (χ0n) is 15.5. The van der Waals surface area contributed by atoms with E-state index in [4.69, 9.17) is 0 Å². The van der Waals surface area contributed by atoms with Gasteiger partial charge in [0.25, 0.3) is 0 Å². The fourth-order valence-electron chi connectivity index (χ4n) is 4.54. The summed E-state index contributed by atoms with van der Waals surface area (Å²) in [7, 11) is 0. The highest BCUT2D eigenvalue weighted by molar-refractivity contribution is 4.85. The Morgan fingerprint density at radius 2 is 1.17 bits per heavy atom. The van der Waals surface area contributed by atoms with E-state index in [0.717, 1.165) is 50.1 Å². The third-order valence-corrected chi connectivity index (χ3v) is 5.77. The third-order valence-electron chi connectivity index (χ3n) is 5.77. The molecular formula is C19H40N4. The average molecular weight is 325 g/mol. The third kappa shape index (κ3) is 6.69. The quantitative estimate of drug-likeness (QED) is 0.415. The molecule has 0 saturated heterocycles. The van der Waals surface area contributed by atoms with Crippen molar-refractivity contribution in [1.29, 1.82) is 0 Å². The van der Waals surface area contributed by atoms with Gasteiger partial charge in [0.15, 0.2) is 0 Å². The van der Waals surface area contributed by atoms with Crippen LogP contribution in [0.4, 0.5) is 0 Å². The topological polar surface area (TPSA) is 48.1 Å². The molecule has 4 nitrogen and oxygen atoms in total. The van der Waals surface area contributed by atoms with Gasteiger partial charge in [0.05, 0.1) is 0 Å². The van der Waals surface area contributed by atoms with Crippen LogP contribution in [-0.4, -0.2) is 51.4 Å². The molecule has 3 unspecified atom stereocenters. The molecule has 2 aliphatic rings. The number of nitrogens with one attached hydrogen (secondary N) is 4. The first-order valence-electron chi connectivity index (χ1n) is 10.2. The fourth-order valence-corrected chi connectivity index (χ4v) is 4.54. The summed E-state index contributed by atoms with van der Waals surface area (Å²) in [5, 5.41) is 14.6. The van der Waals surface area contributed by atoms with E-state index in [1.54, 1.807) is 0 Å². The molecule has 2 aliphatic carbocycles. The summed E-state index contributed by atoms with van der Waals surface area (Å²) in [5.74, 6) is 1.70. The molecule has 136 valence electrons. The highest BCUT2D eigenvalue weighted by Crippen LogP contribution is 2.25. The van der Waals surface area contributed by atoms with Crippen molar-refractivity contribution in [3.05, 3.63) is 0 Å². The summed E-state index contributed by atoms with van der Waals surface area (Å²) < 4.78 is 0. The molecule has 23 heavy (non-hydrogen) atoms. The largest absolute Gasteiger partial charge is 0.316 e. The summed E-state index contributed by atoms with van der Waals surface area (Å²) >= 11 is 0. The van der Waals surface area contributed by atoms with E-state index in [2.05, 4.69) is 35.1 Å². The van der Waals surface area contributed by atoms with Crippen LogP contribution in [0.3, 0.4) is 0 Å². The van der Waals surface area contributed by atoms with Crippen molar-refractivity contribution in [1.82, 2.24) is 21.3 Å². The van der Waals surface area contributed by atoms with Crippen LogP contribution < -0.4 is 21.3 Å². The van der Waals surface area contributed by atoms with Crippen molar-refractivity contribution in [3.63, 3.8) is 0 Å². The van der Waals surface area contributed by atoms with Crippen LogP contribution in [0.5, 0.6) is 0 Å². The molecule has 0 aromatic carbocycles. The van der Waals surface area contributed by atoms with Crippen molar-refractivity contribution in [3.8, 4) is 0 Å². The van der Waals surface area contributed by atoms with Crippen LogP contribution in [0.1, 0.15) is 58.8 Å². The molecule has 2 fully saturated rings. The summed E-state index contributed by atoms with van der Waals surface area (Å²) in [6, 6.07) is 1.52. The van der Waals surface area contributed by atoms with Gasteiger partial charge in [-0.1, -0.05) is 26.7 Å². The zero-order valence-corrected chi connectivity index (χ0v) is 15.5. The standard InChI is InChI=1S/C19H40N4/c1-3-22-18-10-5-8-16(18)14-20-12-7-13-21-15-17-9-6-11-19(17)23-4-2/h16-23H,3-15H2,1-2H3/t16-,17?,18?,19?/m0/s1. The molecule has 0 amide bonds. The summed E-state index contributed by atoms with van der Waals surface area (Å²) in [5.41, 5.74) is 0. The van der Waals surface area contributed by atoms with Crippen LogP contribution in [0.15, 0.2) is 0 Å². The number of hydrogen-bond donors (Lipinski definition) is 4. The predicted octanol–water partition coefficient (Wildman–Crippen LogP) is 2.11. The van der Waals surface area contributed by atoms with Gasteiger partial charge in [-0.25, -0.2) is 0 Å². The van der Waals surface area contributed by atoms with Gasteiger partial charge in [-0.05, 0) is 83.2 Å². The molecule has 0 aliphatic heterocycles. The van der Waals surface area contributed by atoms with Gasteiger partial charge in [0, 0.05) is 12.1 Å². The minimum atomic E-state index is 0.760. The predicted molar refractivity (Wildman–Crippen MR) is 100.0 cm³/mol. The lowest BCUT2D eigenvalue weighted by Crippen LogP contribution is -2.39. The van der Waals surface area contributed by atoms with Gasteiger partial charge in [-0.15, -0.1) is 0 Å². The summed E-state index contributed by atoms with van der Waals surface area (Å²) in [6.45, 7) is 11.4. The minimum absolute atomic E-state index is 0.760. The van der Waals surface area contributed by atoms with Crippen molar-refractivity contribution >= 4 is 0 Å². The molecule has 0 aromatic heterocycles. The Balaban J connectivity index is 1.45. The fraction of sp³-hybridized carbons (Fsp3) is 1.00. The smallest absolute Gasteiger partial charge is 0.0107 e. The van der Waals surface area contributed by atoms with Gasteiger partial charge in [0.2, 0.25) is 0 Å². The lowest BCUT2D eigenvalue weighted by Gasteiger charge is -2.21. The second-order valence-electron chi connectivity index (χ2n) is 7.47. The molecule has 4 N–H and O–H groups in total. The van der Waals surface area contributed by atoms with Crippen molar-refractivity contribution in [2.24, 2.45) is 11.8 Å². The second kappa shape index (κ2) is 11.4. The first-order valence-corrected chi connectivity index (χ1v) is 10.2. The van der Waals surface area contributed by atoms with E-state index in [0.29, 0.717) is 0 Å². The Bertz CT molecular complexity index is 269. The van der Waals surface area contributed by atoms with Crippen LogP contribution in [0, 0.1) is 11.8 Å². The molecule has 4 heteroatoms. The van der Waals surface area contributed by atoms with Crippen molar-refractivity contribution in [2.45, 2.75) is 70.9 Å². The highest BCUT2D eigenvalue weighted by atomic mass is 15.0. The van der Waals surface area contributed by atoms with E-state index >= 15 is 0 Å². The first kappa shape index (κ1) is 19.2. The summed E-state index contributed by atoms with van der Waals surface area (Å²) in [4.78, 5) is 0. The lowest BCUT2D eigenvalue weighted by molar-refractivity contribution is 0.376. The van der Waals surface area contributed by atoms with E-state index in [1.165, 1.54) is 58.0 Å². The first-order chi connectivity index (χ1) is 11.3. The van der Waals surface area contributed by atoms with Crippen molar-refractivity contribution < 1.29 is 0 Å². The average Bonchev–Trinajstić information content (AvgIpc) is 3.17. The minimum Gasteiger partial charge on any atom is -0.316 e. The normalized spacial score (nSPS) is 31.0. The van der Waals surface area contributed by atoms with E-state index in [1.807, 2.05) is 0 Å². The van der Waals surface area contributed by atoms with Crippen LogP contribution in [0.25, 0.3) is 0 Å². The molecule has 0 heterocycles. The maximum atomic E-state index is 3.68. The van der Waals surface area contributed by atoms with Crippen LogP contribution in [-0.2, 0) is 0 Å². The zero-order chi connectivity index (χ0) is 16.3. The number of rotatable bonds is 12. The molecule has 2 saturated carbocycles. The molecule has 2 rings (SSSR count). The Morgan fingerprint density at radius 3 is 1.61 bits per heavy atom. The Kier molecular flexibility index (Phi) is 9.50. The highest BCUT2D eigenvalue weighted by Gasteiger charge is 2.26. The van der Waals surface area contributed by atoms with E-state index in [-0.39, 0.29) is 0 Å². The molecule has 0 bridgehead atoms. The Hall–Kier alpha value is -0.160. The summed E-state index contributed by atoms with van der Waals surface area (Å²) in [6.07, 6.45) is 9.59. The van der Waals surface area contributed by atoms with Crippen LogP contribution >= 0.6 is 0 Å². The van der Waals surface area contributed by atoms with E-state index in [9.17, 15) is 0 Å². The van der Waals surface area contributed by atoms with Crippen LogP contribution in [0.2, 0.25) is 0 Å². The molecule has 0 radical (unpaired) electrons. The maximum absolute atomic E-state index is 3.68. The van der Waals surface area contributed by atoms with Gasteiger partial charge in [-0.2, -0.15) is 0 Å². The molecule has 4 atom stereocenters. The Labute approximate surface area is 143 Å².